The monoisotopic (exact) mass is 258 g/mol. The van der Waals surface area contributed by atoms with Gasteiger partial charge < -0.3 is 10.6 Å². The minimum atomic E-state index is -0.450. The number of anilines is 1. The van der Waals surface area contributed by atoms with Crippen molar-refractivity contribution in [3.8, 4) is 6.07 Å². The summed E-state index contributed by atoms with van der Waals surface area (Å²) in [7, 11) is 0. The molecule has 0 atom stereocenters. The highest BCUT2D eigenvalue weighted by Gasteiger charge is 2.23. The summed E-state index contributed by atoms with van der Waals surface area (Å²) >= 11 is 0. The predicted molar refractivity (Wildman–Crippen MR) is 69.3 cm³/mol. The highest BCUT2D eigenvalue weighted by Crippen LogP contribution is 2.18. The van der Waals surface area contributed by atoms with E-state index in [9.17, 15) is 9.59 Å². The third-order valence-corrected chi connectivity index (χ3v) is 2.63. The second-order valence-electron chi connectivity index (χ2n) is 4.34. The maximum absolute atomic E-state index is 11.5. The molecule has 98 valence electrons. The minimum Gasteiger partial charge on any atom is -0.376 e. The topological polar surface area (TPSA) is 94.0 Å². The van der Waals surface area contributed by atoms with Crippen molar-refractivity contribution < 1.29 is 9.59 Å². The largest absolute Gasteiger partial charge is 0.376 e. The molecule has 19 heavy (non-hydrogen) atoms. The molecule has 0 saturated heterocycles. The highest BCUT2D eigenvalue weighted by molar-refractivity contribution is 5.96. The molecule has 1 aromatic rings. The van der Waals surface area contributed by atoms with E-state index in [0.29, 0.717) is 5.56 Å². The van der Waals surface area contributed by atoms with Gasteiger partial charge in [0.25, 0.3) is 0 Å². The first-order chi connectivity index (χ1) is 9.17. The second kappa shape index (κ2) is 5.87. The number of imide groups is 1. The van der Waals surface area contributed by atoms with Crippen LogP contribution in [0.2, 0.25) is 0 Å². The summed E-state index contributed by atoms with van der Waals surface area (Å²) in [6.07, 6.45) is 1.95. The van der Waals surface area contributed by atoms with Crippen molar-refractivity contribution in [3.05, 3.63) is 29.8 Å². The maximum atomic E-state index is 11.5. The van der Waals surface area contributed by atoms with Gasteiger partial charge in [0, 0.05) is 11.7 Å². The van der Waals surface area contributed by atoms with Crippen molar-refractivity contribution in [1.29, 1.82) is 5.26 Å². The molecule has 6 heteroatoms. The van der Waals surface area contributed by atoms with E-state index in [2.05, 4.69) is 16.0 Å². The lowest BCUT2D eigenvalue weighted by Gasteiger charge is -2.07. The fourth-order valence-electron chi connectivity index (χ4n) is 1.46. The summed E-state index contributed by atoms with van der Waals surface area (Å²) in [5, 5.41) is 16.4. The van der Waals surface area contributed by atoms with Gasteiger partial charge in [-0.3, -0.25) is 10.1 Å². The first-order valence-electron chi connectivity index (χ1n) is 6.02. The molecule has 0 aromatic heterocycles. The average molecular weight is 258 g/mol. The van der Waals surface area contributed by atoms with Gasteiger partial charge in [-0.15, -0.1) is 0 Å². The Labute approximate surface area is 110 Å². The molecule has 0 radical (unpaired) electrons. The number of urea groups is 1. The lowest BCUT2D eigenvalue weighted by molar-refractivity contribution is -0.118. The van der Waals surface area contributed by atoms with Crippen LogP contribution in [0.4, 0.5) is 10.5 Å². The van der Waals surface area contributed by atoms with Crippen molar-refractivity contribution in [3.63, 3.8) is 0 Å². The van der Waals surface area contributed by atoms with Crippen LogP contribution >= 0.6 is 0 Å². The summed E-state index contributed by atoms with van der Waals surface area (Å²) in [6.45, 7) is 0.00396. The molecule has 0 bridgehead atoms. The number of nitrogens with one attached hydrogen (secondary N) is 3. The minimum absolute atomic E-state index is 0.00396. The van der Waals surface area contributed by atoms with Gasteiger partial charge in [-0.2, -0.15) is 5.26 Å². The Morgan fingerprint density at radius 3 is 2.53 bits per heavy atom. The molecule has 0 heterocycles. The number of hydrogen-bond acceptors (Lipinski definition) is 4. The summed E-state index contributed by atoms with van der Waals surface area (Å²) in [5.74, 6) is -0.400. The quantitative estimate of drug-likeness (QED) is 0.749. The van der Waals surface area contributed by atoms with Crippen LogP contribution in [0, 0.1) is 11.3 Å². The smallest absolute Gasteiger partial charge is 0.321 e. The molecular weight excluding hydrogens is 244 g/mol. The van der Waals surface area contributed by atoms with E-state index in [1.54, 1.807) is 24.3 Å². The molecule has 1 aliphatic carbocycles. The predicted octanol–water partition coefficient (Wildman–Crippen LogP) is 0.958. The molecule has 0 spiro atoms. The summed E-state index contributed by atoms with van der Waals surface area (Å²) in [4.78, 5) is 22.8. The zero-order valence-electron chi connectivity index (χ0n) is 10.3. The molecular formula is C13H14N4O2. The normalized spacial score (nSPS) is 13.2. The van der Waals surface area contributed by atoms with Crippen molar-refractivity contribution in [2.24, 2.45) is 0 Å². The standard InChI is InChI=1S/C13H14N4O2/c14-7-9-1-3-10(4-2-9)15-8-12(18)17-13(19)16-11-5-6-11/h1-4,11,15H,5-6,8H2,(H2,16,17,18,19). The zero-order chi connectivity index (χ0) is 13.7. The van der Waals surface area contributed by atoms with Crippen molar-refractivity contribution in [2.45, 2.75) is 18.9 Å². The lowest BCUT2D eigenvalue weighted by atomic mass is 10.2. The third-order valence-electron chi connectivity index (χ3n) is 2.63. The Morgan fingerprint density at radius 1 is 1.26 bits per heavy atom. The van der Waals surface area contributed by atoms with Gasteiger partial charge in [0.15, 0.2) is 0 Å². The summed E-state index contributed by atoms with van der Waals surface area (Å²) < 4.78 is 0. The lowest BCUT2D eigenvalue weighted by Crippen LogP contribution is -2.42. The maximum Gasteiger partial charge on any atom is 0.321 e. The number of nitrogens with zero attached hydrogens (tertiary/aromatic N) is 1. The molecule has 6 nitrogen and oxygen atoms in total. The molecule has 0 unspecified atom stereocenters. The van der Waals surface area contributed by atoms with Crippen LogP contribution in [0.15, 0.2) is 24.3 Å². The molecule has 2 rings (SSSR count). The summed E-state index contributed by atoms with van der Waals surface area (Å²) in [5.41, 5.74) is 1.27. The van der Waals surface area contributed by atoms with E-state index in [-0.39, 0.29) is 12.6 Å². The van der Waals surface area contributed by atoms with Crippen molar-refractivity contribution >= 4 is 17.6 Å². The number of amides is 3. The first-order valence-corrected chi connectivity index (χ1v) is 6.02. The third kappa shape index (κ3) is 4.32. The number of rotatable bonds is 4. The molecule has 3 N–H and O–H groups in total. The Hall–Kier alpha value is -2.55. The van der Waals surface area contributed by atoms with E-state index < -0.39 is 11.9 Å². The van der Waals surface area contributed by atoms with Crippen LogP contribution < -0.4 is 16.0 Å². The molecule has 1 aromatic carbocycles. The molecule has 1 saturated carbocycles. The number of carbonyl (C=O) groups is 2. The Balaban J connectivity index is 1.72. The van der Waals surface area contributed by atoms with Crippen LogP contribution in [-0.2, 0) is 4.79 Å². The van der Waals surface area contributed by atoms with Crippen LogP contribution in [0.3, 0.4) is 0 Å². The van der Waals surface area contributed by atoms with Crippen LogP contribution in [0.1, 0.15) is 18.4 Å². The average Bonchev–Trinajstić information content (AvgIpc) is 3.20. The fourth-order valence-corrected chi connectivity index (χ4v) is 1.46. The van der Waals surface area contributed by atoms with Crippen LogP contribution in [0.25, 0.3) is 0 Å². The van der Waals surface area contributed by atoms with Gasteiger partial charge >= 0.3 is 6.03 Å². The Morgan fingerprint density at radius 2 is 1.95 bits per heavy atom. The van der Waals surface area contributed by atoms with E-state index >= 15 is 0 Å². The summed E-state index contributed by atoms with van der Waals surface area (Å²) in [6, 6.07) is 8.50. The highest BCUT2D eigenvalue weighted by atomic mass is 16.2. The van der Waals surface area contributed by atoms with Crippen LogP contribution in [0.5, 0.6) is 0 Å². The molecule has 1 fully saturated rings. The van der Waals surface area contributed by atoms with Gasteiger partial charge in [-0.05, 0) is 37.1 Å². The van der Waals surface area contributed by atoms with Crippen LogP contribution in [-0.4, -0.2) is 24.5 Å². The first kappa shape index (κ1) is 12.9. The van der Waals surface area contributed by atoms with E-state index in [1.807, 2.05) is 6.07 Å². The molecule has 0 aliphatic heterocycles. The van der Waals surface area contributed by atoms with Gasteiger partial charge in [-0.25, -0.2) is 4.79 Å². The fraction of sp³-hybridized carbons (Fsp3) is 0.308. The zero-order valence-corrected chi connectivity index (χ0v) is 10.3. The van der Waals surface area contributed by atoms with Gasteiger partial charge in [0.2, 0.25) is 5.91 Å². The Bertz CT molecular complexity index is 514. The number of nitriles is 1. The number of carbonyl (C=O) groups excluding carboxylic acids is 2. The van der Waals surface area contributed by atoms with Gasteiger partial charge in [0.1, 0.15) is 0 Å². The number of hydrogen-bond donors (Lipinski definition) is 3. The second-order valence-corrected chi connectivity index (χ2v) is 4.34. The van der Waals surface area contributed by atoms with Gasteiger partial charge in [-0.1, -0.05) is 0 Å². The number of benzene rings is 1. The van der Waals surface area contributed by atoms with E-state index in [4.69, 9.17) is 5.26 Å². The van der Waals surface area contributed by atoms with Crippen molar-refractivity contribution in [1.82, 2.24) is 10.6 Å². The van der Waals surface area contributed by atoms with E-state index in [0.717, 1.165) is 18.5 Å². The van der Waals surface area contributed by atoms with Crippen molar-refractivity contribution in [2.75, 3.05) is 11.9 Å². The molecule has 3 amide bonds. The molecule has 1 aliphatic rings. The Kier molecular flexibility index (Phi) is 3.98. The van der Waals surface area contributed by atoms with E-state index in [1.165, 1.54) is 0 Å². The SMILES string of the molecule is N#Cc1ccc(NCC(=O)NC(=O)NC2CC2)cc1. The van der Waals surface area contributed by atoms with Gasteiger partial charge in [0.05, 0.1) is 18.2 Å².